The second-order valence-electron chi connectivity index (χ2n) is 19.4. The van der Waals surface area contributed by atoms with E-state index < -0.39 is 78.6 Å². The Kier molecular flexibility index (Phi) is 18.2. The van der Waals surface area contributed by atoms with Crippen molar-refractivity contribution in [2.24, 2.45) is 11.3 Å². The standard InChI is InChI=1S/C50H60ClF3N5O10PS3/c1-49(2)22-18-44(35-8-12-39(51)13-9-35)38(31-49)32-58-26-28-59(29-27-58)41-14-10-36(11-15-41)47(60)56-73(67,68)43-16-17-45(46(30-43)72(65,66)50(52,53)54)55-40(33-71-42-6-4-3-5-7-42)21-25-57-23-19-37(20-24-57)48(61)69-34-70(62,63)64/h3-17,30,37,40,55H,18-29,31-34H2,1-2H3,(H,56,60)(H2,62,63,64)/t40-/m1/s1. The highest BCUT2D eigenvalue weighted by molar-refractivity contribution is 7.99. The summed E-state index contributed by atoms with van der Waals surface area (Å²) in [6.07, 6.45) is 3.00. The Morgan fingerprint density at radius 1 is 0.890 bits per heavy atom. The molecule has 4 aromatic carbocycles. The molecule has 1 amide bonds. The smallest absolute Gasteiger partial charge is 0.452 e. The van der Waals surface area contributed by atoms with Crippen molar-refractivity contribution in [1.82, 2.24) is 14.5 Å². The van der Waals surface area contributed by atoms with E-state index in [2.05, 4.69) is 41.1 Å². The fourth-order valence-electron chi connectivity index (χ4n) is 9.32. The molecule has 2 fully saturated rings. The molecule has 73 heavy (non-hydrogen) atoms. The van der Waals surface area contributed by atoms with Crippen molar-refractivity contribution in [3.05, 3.63) is 119 Å². The van der Waals surface area contributed by atoms with E-state index in [0.717, 1.165) is 61.6 Å². The molecule has 0 radical (unpaired) electrons. The molecule has 396 valence electrons. The van der Waals surface area contributed by atoms with E-state index in [-0.39, 0.29) is 23.2 Å². The first-order valence-corrected chi connectivity index (χ1v) is 29.9. The van der Waals surface area contributed by atoms with E-state index in [0.29, 0.717) is 56.7 Å². The van der Waals surface area contributed by atoms with Crippen LogP contribution in [0.25, 0.3) is 5.57 Å². The van der Waals surface area contributed by atoms with Crippen LogP contribution in [-0.4, -0.2) is 124 Å². The molecule has 2 heterocycles. The summed E-state index contributed by atoms with van der Waals surface area (Å²) in [7, 11) is -15.6. The molecule has 7 rings (SSSR count). The number of piperazine rings is 1. The van der Waals surface area contributed by atoms with Crippen LogP contribution >= 0.6 is 31.0 Å². The Balaban J connectivity index is 1.01. The zero-order valence-corrected chi connectivity index (χ0v) is 44.5. The number of carbonyl (C=O) groups is 2. The summed E-state index contributed by atoms with van der Waals surface area (Å²) < 4.78 is 114. The SMILES string of the molecule is CC1(C)CCC(c2ccc(Cl)cc2)=C(CN2CCN(c3ccc(C(=O)NS(=O)(=O)c4ccc(N[C@H](CCN5CCC(C(=O)OCP(=O)(O)O)CC5)CSc5ccccc5)c(S(=O)(=O)C(F)(F)F)c4)cc3)CC2)C1. The van der Waals surface area contributed by atoms with E-state index in [9.17, 15) is 44.2 Å². The van der Waals surface area contributed by atoms with Crippen LogP contribution in [0.3, 0.4) is 0 Å². The topological polar surface area (TPSA) is 203 Å². The van der Waals surface area contributed by atoms with Gasteiger partial charge in [0.2, 0.25) is 0 Å². The highest BCUT2D eigenvalue weighted by Crippen LogP contribution is 2.43. The normalized spacial score (nSPS) is 18.1. The number of esters is 1. The Morgan fingerprint density at radius 3 is 2.18 bits per heavy atom. The fourth-order valence-corrected chi connectivity index (χ4v) is 12.8. The van der Waals surface area contributed by atoms with Crippen LogP contribution in [-0.2, 0) is 34.0 Å². The fraction of sp³-hybridized carbons (Fsp3) is 0.440. The number of nitrogens with zero attached hydrogens (tertiary/aromatic N) is 3. The lowest BCUT2D eigenvalue weighted by atomic mass is 9.73. The lowest BCUT2D eigenvalue weighted by Gasteiger charge is -2.39. The van der Waals surface area contributed by atoms with Gasteiger partial charge in [-0.05, 0) is 135 Å². The minimum absolute atomic E-state index is 0.0446. The number of benzene rings is 4. The maximum Gasteiger partial charge on any atom is 0.501 e. The van der Waals surface area contributed by atoms with Crippen molar-refractivity contribution in [3.63, 3.8) is 0 Å². The van der Waals surface area contributed by atoms with Gasteiger partial charge in [0.25, 0.3) is 25.8 Å². The van der Waals surface area contributed by atoms with Crippen LogP contribution in [0.2, 0.25) is 5.02 Å². The van der Waals surface area contributed by atoms with E-state index in [1.807, 2.05) is 40.0 Å². The predicted molar refractivity (Wildman–Crippen MR) is 277 cm³/mol. The number of sulfone groups is 1. The quantitative estimate of drug-likeness (QED) is 0.0394. The molecule has 2 saturated heterocycles. The van der Waals surface area contributed by atoms with Crippen LogP contribution in [0.1, 0.15) is 68.3 Å². The van der Waals surface area contributed by atoms with Gasteiger partial charge in [0, 0.05) is 72.2 Å². The molecule has 2 aliphatic heterocycles. The maximum absolute atomic E-state index is 14.3. The van der Waals surface area contributed by atoms with Crippen molar-refractivity contribution in [1.29, 1.82) is 0 Å². The number of sulfonamides is 1. The van der Waals surface area contributed by atoms with E-state index in [4.69, 9.17) is 26.1 Å². The monoisotopic (exact) mass is 1110 g/mol. The minimum Gasteiger partial charge on any atom is -0.452 e. The van der Waals surface area contributed by atoms with Gasteiger partial charge in [0.15, 0.2) is 6.35 Å². The van der Waals surface area contributed by atoms with Crippen LogP contribution in [0.15, 0.2) is 117 Å². The number of carbonyl (C=O) groups excluding carboxylic acids is 2. The van der Waals surface area contributed by atoms with Crippen LogP contribution in [0.4, 0.5) is 24.5 Å². The summed E-state index contributed by atoms with van der Waals surface area (Å²) in [4.78, 5) is 49.1. The molecule has 1 aliphatic carbocycles. The zero-order chi connectivity index (χ0) is 52.8. The van der Waals surface area contributed by atoms with Gasteiger partial charge in [-0.1, -0.05) is 61.4 Å². The van der Waals surface area contributed by atoms with Crippen molar-refractivity contribution in [3.8, 4) is 0 Å². The number of alkyl halides is 3. The van der Waals surface area contributed by atoms with Crippen molar-refractivity contribution < 1.29 is 58.7 Å². The Morgan fingerprint density at radius 2 is 1.55 bits per heavy atom. The number of hydrogen-bond donors (Lipinski definition) is 4. The summed E-state index contributed by atoms with van der Waals surface area (Å²) >= 11 is 7.55. The number of allylic oxidation sites excluding steroid dienone is 1. The predicted octanol–water partition coefficient (Wildman–Crippen LogP) is 8.89. The number of amides is 1. The molecule has 4 N–H and O–H groups in total. The van der Waals surface area contributed by atoms with Gasteiger partial charge in [0.1, 0.15) is 4.90 Å². The number of anilines is 2. The molecule has 15 nitrogen and oxygen atoms in total. The minimum atomic E-state index is -6.16. The molecule has 0 bridgehead atoms. The first-order chi connectivity index (χ1) is 34.4. The molecule has 0 saturated carbocycles. The first-order valence-electron chi connectivity index (χ1n) is 23.8. The Labute approximate surface area is 434 Å². The van der Waals surface area contributed by atoms with Gasteiger partial charge in [0.05, 0.1) is 16.5 Å². The molecule has 0 aromatic heterocycles. The summed E-state index contributed by atoms with van der Waals surface area (Å²) in [6.45, 7) is 9.60. The number of thioether (sulfide) groups is 1. The molecule has 0 spiro atoms. The van der Waals surface area contributed by atoms with Crippen LogP contribution in [0.5, 0.6) is 0 Å². The molecular formula is C50H60ClF3N5O10PS3. The van der Waals surface area contributed by atoms with Gasteiger partial charge >= 0.3 is 19.1 Å². The van der Waals surface area contributed by atoms with Crippen molar-refractivity contribution in [2.45, 2.75) is 78.6 Å². The average Bonchev–Trinajstić information content (AvgIpc) is 3.34. The number of nitrogens with one attached hydrogen (secondary N) is 2. The number of rotatable bonds is 19. The highest BCUT2D eigenvalue weighted by Gasteiger charge is 2.48. The molecular weight excluding hydrogens is 1050 g/mol. The van der Waals surface area contributed by atoms with E-state index in [1.54, 1.807) is 24.3 Å². The summed E-state index contributed by atoms with van der Waals surface area (Å²) in [5, 5.41) is 3.63. The van der Waals surface area contributed by atoms with Gasteiger partial charge in [-0.2, -0.15) is 13.2 Å². The van der Waals surface area contributed by atoms with E-state index in [1.165, 1.54) is 40.6 Å². The van der Waals surface area contributed by atoms with Crippen molar-refractivity contribution >= 4 is 79.6 Å². The molecule has 23 heteroatoms. The molecule has 3 aliphatic rings. The van der Waals surface area contributed by atoms with Crippen LogP contribution in [0, 0.1) is 11.3 Å². The Bertz CT molecular complexity index is 2900. The Hall–Kier alpha value is -4.44. The van der Waals surface area contributed by atoms with Gasteiger partial charge in [-0.15, -0.1) is 11.8 Å². The van der Waals surface area contributed by atoms with Gasteiger partial charge in [-0.3, -0.25) is 19.1 Å². The van der Waals surface area contributed by atoms with Gasteiger partial charge in [-0.25, -0.2) is 21.6 Å². The van der Waals surface area contributed by atoms with Crippen molar-refractivity contribution in [2.75, 3.05) is 74.7 Å². The summed E-state index contributed by atoms with van der Waals surface area (Å²) in [6, 6.07) is 25.0. The number of piperidine rings is 1. The number of ether oxygens (including phenoxy) is 1. The van der Waals surface area contributed by atoms with E-state index >= 15 is 0 Å². The first kappa shape index (κ1) is 56.3. The maximum atomic E-state index is 14.3. The second-order valence-corrected chi connectivity index (χ2v) is 26.1. The number of likely N-dealkylation sites (tertiary alicyclic amines) is 1. The number of hydrogen-bond acceptors (Lipinski definition) is 13. The lowest BCUT2D eigenvalue weighted by molar-refractivity contribution is -0.148. The third-order valence-electron chi connectivity index (χ3n) is 13.4. The third kappa shape index (κ3) is 15.3. The molecule has 1 atom stereocenters. The summed E-state index contributed by atoms with van der Waals surface area (Å²) in [5.74, 6) is -2.13. The zero-order valence-electron chi connectivity index (χ0n) is 40.4. The summed E-state index contributed by atoms with van der Waals surface area (Å²) in [5.41, 5.74) is -1.35. The largest absolute Gasteiger partial charge is 0.501 e. The average molecular weight is 1110 g/mol. The second kappa shape index (κ2) is 23.6. The highest BCUT2D eigenvalue weighted by atomic mass is 35.5. The number of halogens is 4. The molecule has 0 unspecified atom stereocenters. The lowest BCUT2D eigenvalue weighted by Crippen LogP contribution is -2.47. The van der Waals surface area contributed by atoms with Gasteiger partial charge < -0.3 is 29.6 Å². The third-order valence-corrected chi connectivity index (χ3v) is 18.1. The molecule has 4 aromatic rings. The van der Waals surface area contributed by atoms with Crippen LogP contribution < -0.4 is 14.9 Å².